The zero-order chi connectivity index (χ0) is 25.7. The molecule has 5 heterocycles. The number of pyridine rings is 3. The van der Waals surface area contributed by atoms with Crippen LogP contribution in [0.3, 0.4) is 0 Å². The van der Waals surface area contributed by atoms with Gasteiger partial charge < -0.3 is 15.5 Å². The summed E-state index contributed by atoms with van der Waals surface area (Å²) in [7, 11) is 0. The smallest absolute Gasteiger partial charge is 0.367 e. The van der Waals surface area contributed by atoms with Crippen LogP contribution in [-0.2, 0) is 12.7 Å². The Labute approximate surface area is 207 Å². The van der Waals surface area contributed by atoms with Crippen LogP contribution >= 0.6 is 0 Å². The van der Waals surface area contributed by atoms with Gasteiger partial charge in [-0.2, -0.15) is 18.2 Å². The Bertz CT molecular complexity index is 1490. The number of hydrogen-bond acceptors (Lipinski definition) is 7. The van der Waals surface area contributed by atoms with E-state index in [4.69, 9.17) is 0 Å². The van der Waals surface area contributed by atoms with Crippen molar-refractivity contribution in [3.05, 3.63) is 71.6 Å². The molecule has 37 heavy (non-hydrogen) atoms. The molecule has 1 aliphatic carbocycles. The molecule has 0 bridgehead atoms. The number of anilines is 3. The molecule has 190 valence electrons. The molecule has 1 aliphatic heterocycles. The monoisotopic (exact) mass is 512 g/mol. The third-order valence-electron chi connectivity index (χ3n) is 6.64. The fourth-order valence-corrected chi connectivity index (χ4v) is 4.78. The summed E-state index contributed by atoms with van der Waals surface area (Å²) in [5, 5.41) is 10.8. The van der Waals surface area contributed by atoms with E-state index in [1.54, 1.807) is 18.3 Å². The molecule has 0 aromatic carbocycles. The normalized spacial score (nSPS) is 19.5. The number of carbonyl (C=O) groups is 1. The standard InChI is InChI=1S/C24H20F4N8O/c25-19-11-29-10-17-18(19)12-35(22(17)37)16-3-4-20(30-9-16)31-14-1-2-15(8-14)32-23-33-21-7-13(24(26,27)28)5-6-36(21)34-23/h3-7,9-11,14-15H,1-2,8,12H2,(H,30,31)(H,32,34)/t14-,15-/m0/s1. The highest BCUT2D eigenvalue weighted by Crippen LogP contribution is 2.31. The summed E-state index contributed by atoms with van der Waals surface area (Å²) in [4.78, 5) is 26.4. The maximum Gasteiger partial charge on any atom is 0.416 e. The Balaban J connectivity index is 1.07. The van der Waals surface area contributed by atoms with Crippen molar-refractivity contribution in [1.82, 2.24) is 24.6 Å². The second-order valence-electron chi connectivity index (χ2n) is 9.09. The van der Waals surface area contributed by atoms with E-state index >= 15 is 0 Å². The van der Waals surface area contributed by atoms with Crippen LogP contribution in [0.1, 0.15) is 40.7 Å². The molecule has 0 spiro atoms. The lowest BCUT2D eigenvalue weighted by atomic mass is 10.2. The summed E-state index contributed by atoms with van der Waals surface area (Å²) < 4.78 is 54.1. The average molecular weight is 512 g/mol. The predicted octanol–water partition coefficient (Wildman–Crippen LogP) is 4.28. The van der Waals surface area contributed by atoms with Gasteiger partial charge in [-0.25, -0.2) is 13.9 Å². The van der Waals surface area contributed by atoms with Gasteiger partial charge in [-0.1, -0.05) is 0 Å². The fraction of sp³-hybridized carbons (Fsp3) is 0.292. The number of carbonyl (C=O) groups excluding carboxylic acids is 1. The van der Waals surface area contributed by atoms with Crippen molar-refractivity contribution in [2.24, 2.45) is 0 Å². The highest BCUT2D eigenvalue weighted by atomic mass is 19.4. The Kier molecular flexibility index (Phi) is 5.42. The van der Waals surface area contributed by atoms with E-state index in [9.17, 15) is 22.4 Å². The first-order valence-electron chi connectivity index (χ1n) is 11.6. The van der Waals surface area contributed by atoms with E-state index in [-0.39, 0.29) is 41.7 Å². The molecule has 4 aromatic rings. The number of nitrogens with one attached hydrogen (secondary N) is 2. The van der Waals surface area contributed by atoms with Crippen molar-refractivity contribution in [3.63, 3.8) is 0 Å². The number of rotatable bonds is 5. The number of hydrogen-bond donors (Lipinski definition) is 2. The molecule has 9 nitrogen and oxygen atoms in total. The molecule has 0 saturated heterocycles. The van der Waals surface area contributed by atoms with Crippen molar-refractivity contribution in [1.29, 1.82) is 0 Å². The molecule has 6 rings (SSSR count). The van der Waals surface area contributed by atoms with E-state index in [1.807, 2.05) is 0 Å². The molecule has 4 aromatic heterocycles. The molecule has 2 N–H and O–H groups in total. The minimum atomic E-state index is -4.44. The molecule has 2 aliphatic rings. The van der Waals surface area contributed by atoms with E-state index in [0.717, 1.165) is 37.6 Å². The molecule has 1 saturated carbocycles. The van der Waals surface area contributed by atoms with Crippen molar-refractivity contribution in [2.45, 2.75) is 44.1 Å². The van der Waals surface area contributed by atoms with Gasteiger partial charge in [0.1, 0.15) is 11.6 Å². The van der Waals surface area contributed by atoms with E-state index in [0.29, 0.717) is 17.1 Å². The Morgan fingerprint density at radius 2 is 1.84 bits per heavy atom. The Morgan fingerprint density at radius 1 is 1.03 bits per heavy atom. The summed E-state index contributed by atoms with van der Waals surface area (Å²) in [5.74, 6) is 0.0885. The summed E-state index contributed by atoms with van der Waals surface area (Å²) in [6.07, 6.45) is 3.24. The first kappa shape index (κ1) is 23.1. The van der Waals surface area contributed by atoms with Crippen LogP contribution < -0.4 is 15.5 Å². The number of halogens is 4. The molecule has 1 fully saturated rings. The number of aromatic nitrogens is 5. The van der Waals surface area contributed by atoms with E-state index < -0.39 is 17.6 Å². The summed E-state index contributed by atoms with van der Waals surface area (Å²) in [6.45, 7) is 0.127. The third kappa shape index (κ3) is 4.41. The second-order valence-corrected chi connectivity index (χ2v) is 9.09. The van der Waals surface area contributed by atoms with Crippen LogP contribution in [0.2, 0.25) is 0 Å². The Hall–Kier alpha value is -4.29. The fourth-order valence-electron chi connectivity index (χ4n) is 4.78. The highest BCUT2D eigenvalue weighted by molar-refractivity contribution is 6.09. The number of nitrogens with zero attached hydrogens (tertiary/aromatic N) is 6. The first-order valence-corrected chi connectivity index (χ1v) is 11.6. The molecular formula is C24H20F4N8O. The summed E-state index contributed by atoms with van der Waals surface area (Å²) in [5.41, 5.74) is 0.488. The molecule has 1 amide bonds. The summed E-state index contributed by atoms with van der Waals surface area (Å²) >= 11 is 0. The second kappa shape index (κ2) is 8.68. The van der Waals surface area contributed by atoms with Gasteiger partial charge in [0.05, 0.1) is 35.8 Å². The van der Waals surface area contributed by atoms with Gasteiger partial charge in [-0.05, 0) is 43.5 Å². The van der Waals surface area contributed by atoms with Gasteiger partial charge in [-0.15, -0.1) is 5.10 Å². The topological polar surface area (TPSA) is 100 Å². The third-order valence-corrected chi connectivity index (χ3v) is 6.64. The number of alkyl halides is 3. The zero-order valence-corrected chi connectivity index (χ0v) is 19.2. The van der Waals surface area contributed by atoms with Gasteiger partial charge in [-0.3, -0.25) is 9.78 Å². The van der Waals surface area contributed by atoms with Crippen LogP contribution in [0.5, 0.6) is 0 Å². The van der Waals surface area contributed by atoms with Crippen molar-refractivity contribution < 1.29 is 22.4 Å². The van der Waals surface area contributed by atoms with E-state index in [1.165, 1.54) is 21.8 Å². The van der Waals surface area contributed by atoms with Crippen LogP contribution in [0.25, 0.3) is 5.65 Å². The van der Waals surface area contributed by atoms with Crippen molar-refractivity contribution in [3.8, 4) is 0 Å². The average Bonchev–Trinajstić information content (AvgIpc) is 3.57. The SMILES string of the molecule is O=C1c2cncc(F)c2CN1c1ccc(N[C@H]2CC[C@H](Nc3nc4cc(C(F)(F)F)ccn4n3)C2)nc1. The molecule has 0 unspecified atom stereocenters. The lowest BCUT2D eigenvalue weighted by molar-refractivity contribution is -0.137. The Morgan fingerprint density at radius 3 is 2.57 bits per heavy atom. The number of amides is 1. The van der Waals surface area contributed by atoms with Crippen molar-refractivity contribution >= 4 is 29.0 Å². The van der Waals surface area contributed by atoms with Gasteiger partial charge in [0.15, 0.2) is 5.65 Å². The minimum Gasteiger partial charge on any atom is -0.367 e. The van der Waals surface area contributed by atoms with Crippen LogP contribution in [0.4, 0.5) is 35.0 Å². The lowest BCUT2D eigenvalue weighted by Gasteiger charge is -2.17. The number of fused-ring (bicyclic) bond motifs is 2. The van der Waals surface area contributed by atoms with Gasteiger partial charge in [0.2, 0.25) is 5.95 Å². The van der Waals surface area contributed by atoms with Gasteiger partial charge >= 0.3 is 6.18 Å². The largest absolute Gasteiger partial charge is 0.416 e. The summed E-state index contributed by atoms with van der Waals surface area (Å²) in [6, 6.07) is 5.61. The van der Waals surface area contributed by atoms with Crippen LogP contribution in [0, 0.1) is 5.82 Å². The van der Waals surface area contributed by atoms with E-state index in [2.05, 4.69) is 30.7 Å². The molecule has 2 atom stereocenters. The van der Waals surface area contributed by atoms with Gasteiger partial charge in [0, 0.05) is 30.0 Å². The van der Waals surface area contributed by atoms with Gasteiger partial charge in [0.25, 0.3) is 5.91 Å². The molecule has 0 radical (unpaired) electrons. The minimum absolute atomic E-state index is 0.0421. The molecular weight excluding hydrogens is 492 g/mol. The lowest BCUT2D eigenvalue weighted by Crippen LogP contribution is -2.24. The maximum absolute atomic E-state index is 14.0. The van der Waals surface area contributed by atoms with Crippen LogP contribution in [0.15, 0.2) is 49.1 Å². The molecule has 13 heteroatoms. The van der Waals surface area contributed by atoms with Crippen LogP contribution in [-0.4, -0.2) is 42.6 Å². The quantitative estimate of drug-likeness (QED) is 0.385. The predicted molar refractivity (Wildman–Crippen MR) is 126 cm³/mol. The highest BCUT2D eigenvalue weighted by Gasteiger charge is 2.32. The maximum atomic E-state index is 14.0. The zero-order valence-electron chi connectivity index (χ0n) is 19.2. The van der Waals surface area contributed by atoms with Crippen molar-refractivity contribution in [2.75, 3.05) is 15.5 Å². The first-order chi connectivity index (χ1) is 17.7.